The predicted octanol–water partition coefficient (Wildman–Crippen LogP) is 4.98. The lowest BCUT2D eigenvalue weighted by atomic mass is 9.85. The van der Waals surface area contributed by atoms with Gasteiger partial charge < -0.3 is 14.7 Å². The second kappa shape index (κ2) is 10.5. The summed E-state index contributed by atoms with van der Waals surface area (Å²) in [5.41, 5.74) is 0.0998. The molecule has 1 aliphatic rings. The minimum absolute atomic E-state index is 0.100. The van der Waals surface area contributed by atoms with Gasteiger partial charge in [-0.05, 0) is 71.1 Å². The Bertz CT molecular complexity index is 1050. The molecule has 8 heteroatoms. The monoisotopic (exact) mass is 489 g/mol. The molecule has 3 rings (SSSR count). The second-order valence-electron chi connectivity index (χ2n) is 9.99. The molecular formula is C26H35NO6S. The van der Waals surface area contributed by atoms with Crippen molar-refractivity contribution in [2.24, 2.45) is 0 Å². The Morgan fingerprint density at radius 2 is 1.65 bits per heavy atom. The number of hydrogen-bond acceptors (Lipinski definition) is 6. The number of nitrogens with zero attached hydrogens (tertiary/aromatic N) is 1. The van der Waals surface area contributed by atoms with Crippen LogP contribution in [0.3, 0.4) is 0 Å². The summed E-state index contributed by atoms with van der Waals surface area (Å²) < 4.78 is 37.0. The van der Waals surface area contributed by atoms with Gasteiger partial charge in [0, 0.05) is 13.1 Å². The molecule has 0 aliphatic carbocycles. The van der Waals surface area contributed by atoms with Crippen LogP contribution in [0.15, 0.2) is 59.5 Å². The zero-order chi connectivity index (χ0) is 25.0. The highest BCUT2D eigenvalue weighted by molar-refractivity contribution is 7.86. The molecule has 7 nitrogen and oxygen atoms in total. The van der Waals surface area contributed by atoms with Crippen LogP contribution < -0.4 is 0 Å². The number of aryl methyl sites for hydroxylation is 1. The lowest BCUT2D eigenvalue weighted by molar-refractivity contribution is -0.0420. The fraction of sp³-hybridized carbons (Fsp3) is 0.500. The number of likely N-dealkylation sites (tertiary alicyclic amines) is 1. The Balaban J connectivity index is 1.67. The van der Waals surface area contributed by atoms with E-state index in [1.165, 1.54) is 12.1 Å². The van der Waals surface area contributed by atoms with Crippen LogP contribution in [0, 0.1) is 6.92 Å². The molecule has 0 aromatic heterocycles. The van der Waals surface area contributed by atoms with E-state index in [1.54, 1.807) is 17.0 Å². The van der Waals surface area contributed by atoms with Crippen molar-refractivity contribution in [3.8, 4) is 0 Å². The van der Waals surface area contributed by atoms with Crippen LogP contribution in [-0.4, -0.2) is 48.8 Å². The zero-order valence-corrected chi connectivity index (χ0v) is 21.2. The topological polar surface area (TPSA) is 93.1 Å². The molecule has 1 amide bonds. The van der Waals surface area contributed by atoms with Crippen LogP contribution in [-0.2, 0) is 19.0 Å². The maximum absolute atomic E-state index is 12.9. The fourth-order valence-corrected chi connectivity index (χ4v) is 5.03. The summed E-state index contributed by atoms with van der Waals surface area (Å²) in [5, 5.41) is 11.2. The zero-order valence-electron chi connectivity index (χ0n) is 20.4. The molecule has 2 aromatic rings. The van der Waals surface area contributed by atoms with Crippen molar-refractivity contribution in [2.75, 3.05) is 13.1 Å². The van der Waals surface area contributed by atoms with Crippen LogP contribution in [0.2, 0.25) is 0 Å². The van der Waals surface area contributed by atoms with E-state index >= 15 is 0 Å². The first kappa shape index (κ1) is 26.2. The molecule has 0 saturated carbocycles. The van der Waals surface area contributed by atoms with Crippen LogP contribution in [0.4, 0.5) is 4.79 Å². The Labute approximate surface area is 202 Å². The van der Waals surface area contributed by atoms with E-state index in [9.17, 15) is 18.3 Å². The number of amides is 1. The molecule has 0 radical (unpaired) electrons. The molecular weight excluding hydrogens is 454 g/mol. The molecule has 1 fully saturated rings. The molecule has 2 aromatic carbocycles. The van der Waals surface area contributed by atoms with Gasteiger partial charge in [-0.25, -0.2) is 4.79 Å². The van der Waals surface area contributed by atoms with Crippen LogP contribution in [0.25, 0.3) is 0 Å². The number of benzene rings is 2. The Hall–Kier alpha value is -2.42. The molecule has 1 unspecified atom stereocenters. The van der Waals surface area contributed by atoms with Gasteiger partial charge >= 0.3 is 6.09 Å². The third-order valence-electron chi connectivity index (χ3n) is 5.94. The fourth-order valence-electron chi connectivity index (χ4n) is 3.93. The molecule has 0 spiro atoms. The summed E-state index contributed by atoms with van der Waals surface area (Å²) in [7, 11) is -3.99. The number of carbonyl (C=O) groups is 1. The van der Waals surface area contributed by atoms with Crippen molar-refractivity contribution in [1.82, 2.24) is 4.90 Å². The molecule has 1 saturated heterocycles. The van der Waals surface area contributed by atoms with E-state index in [1.807, 2.05) is 58.0 Å². The van der Waals surface area contributed by atoms with E-state index in [0.29, 0.717) is 38.8 Å². The van der Waals surface area contributed by atoms with Crippen molar-refractivity contribution in [3.05, 3.63) is 65.7 Å². The number of ether oxygens (including phenoxy) is 1. The van der Waals surface area contributed by atoms with Crippen LogP contribution in [0.1, 0.15) is 63.7 Å². The van der Waals surface area contributed by atoms with Crippen LogP contribution in [0.5, 0.6) is 0 Å². The van der Waals surface area contributed by atoms with Crippen molar-refractivity contribution >= 4 is 16.2 Å². The quantitative estimate of drug-likeness (QED) is 0.551. The number of carbonyl (C=O) groups excluding carboxylic acids is 1. The van der Waals surface area contributed by atoms with Crippen molar-refractivity contribution in [2.45, 2.75) is 75.6 Å². The van der Waals surface area contributed by atoms with E-state index in [-0.39, 0.29) is 11.0 Å². The Morgan fingerprint density at radius 1 is 1.06 bits per heavy atom. The van der Waals surface area contributed by atoms with Gasteiger partial charge in [-0.15, -0.1) is 0 Å². The number of piperidine rings is 1. The summed E-state index contributed by atoms with van der Waals surface area (Å²) in [5.74, 6) is 0. The lowest BCUT2D eigenvalue weighted by Crippen LogP contribution is -2.48. The molecule has 186 valence electrons. The van der Waals surface area contributed by atoms with Gasteiger partial charge in [0.2, 0.25) is 0 Å². The Morgan fingerprint density at radius 3 is 2.21 bits per heavy atom. The molecule has 0 bridgehead atoms. The average molecular weight is 490 g/mol. The standard InChI is InChI=1S/C26H35NO6S/c1-20-10-12-22(13-11-20)34(30,31)33-23(21-8-6-5-7-9-21)14-15-26(29)16-18-27(19-17-26)24(28)32-25(2,3)4/h5-13,23,29H,14-19H2,1-4H3. The first-order valence-electron chi connectivity index (χ1n) is 11.6. The maximum Gasteiger partial charge on any atom is 0.410 e. The number of aliphatic hydroxyl groups is 1. The molecule has 1 N–H and O–H groups in total. The molecule has 1 aliphatic heterocycles. The highest BCUT2D eigenvalue weighted by Crippen LogP contribution is 2.34. The SMILES string of the molecule is Cc1ccc(S(=O)(=O)OC(CCC2(O)CCN(C(=O)OC(C)(C)C)CC2)c2ccccc2)cc1. The van der Waals surface area contributed by atoms with Gasteiger partial charge in [-0.3, -0.25) is 4.18 Å². The molecule has 1 heterocycles. The summed E-state index contributed by atoms with van der Waals surface area (Å²) in [4.78, 5) is 14.0. The van der Waals surface area contributed by atoms with Gasteiger partial charge in [0.05, 0.1) is 10.5 Å². The average Bonchev–Trinajstić information content (AvgIpc) is 2.77. The highest BCUT2D eigenvalue weighted by atomic mass is 32.2. The summed E-state index contributed by atoms with van der Waals surface area (Å²) in [6.45, 7) is 8.10. The van der Waals surface area contributed by atoms with Gasteiger partial charge in [0.1, 0.15) is 11.7 Å². The summed E-state index contributed by atoms with van der Waals surface area (Å²) in [6, 6.07) is 15.7. The minimum Gasteiger partial charge on any atom is -0.444 e. The summed E-state index contributed by atoms with van der Waals surface area (Å²) in [6.07, 6.45) is 0.317. The third kappa shape index (κ3) is 7.29. The van der Waals surface area contributed by atoms with Crippen molar-refractivity contribution < 1.29 is 27.2 Å². The maximum atomic E-state index is 12.9. The third-order valence-corrected chi connectivity index (χ3v) is 7.28. The predicted molar refractivity (Wildman–Crippen MR) is 130 cm³/mol. The normalized spacial score (nSPS) is 17.3. The van der Waals surface area contributed by atoms with Crippen molar-refractivity contribution in [3.63, 3.8) is 0 Å². The number of rotatable bonds is 7. The van der Waals surface area contributed by atoms with Gasteiger partial charge in [-0.2, -0.15) is 8.42 Å². The first-order chi connectivity index (χ1) is 15.9. The van der Waals surface area contributed by atoms with E-state index in [0.717, 1.165) is 11.1 Å². The van der Waals surface area contributed by atoms with Gasteiger partial charge in [0.25, 0.3) is 10.1 Å². The lowest BCUT2D eigenvalue weighted by Gasteiger charge is -2.39. The smallest absolute Gasteiger partial charge is 0.410 e. The second-order valence-corrected chi connectivity index (χ2v) is 11.6. The molecule has 1 atom stereocenters. The largest absolute Gasteiger partial charge is 0.444 e. The Kier molecular flexibility index (Phi) is 8.06. The van der Waals surface area contributed by atoms with Crippen molar-refractivity contribution in [1.29, 1.82) is 0 Å². The minimum atomic E-state index is -3.99. The van der Waals surface area contributed by atoms with E-state index < -0.39 is 27.4 Å². The summed E-state index contributed by atoms with van der Waals surface area (Å²) >= 11 is 0. The van der Waals surface area contributed by atoms with E-state index in [4.69, 9.17) is 8.92 Å². The first-order valence-corrected chi connectivity index (χ1v) is 13.0. The number of hydrogen-bond donors (Lipinski definition) is 1. The van der Waals surface area contributed by atoms with E-state index in [2.05, 4.69) is 0 Å². The van der Waals surface area contributed by atoms with Crippen LogP contribution >= 0.6 is 0 Å². The molecule has 34 heavy (non-hydrogen) atoms. The van der Waals surface area contributed by atoms with Gasteiger partial charge in [0.15, 0.2) is 0 Å². The van der Waals surface area contributed by atoms with Gasteiger partial charge in [-0.1, -0.05) is 48.0 Å². The highest BCUT2D eigenvalue weighted by Gasteiger charge is 2.36.